The van der Waals surface area contributed by atoms with Crippen LogP contribution in [0.25, 0.3) is 22.5 Å². The fraction of sp³-hybridized carbons (Fsp3) is 0.238. The zero-order valence-electron chi connectivity index (χ0n) is 16.0. The van der Waals surface area contributed by atoms with Crippen molar-refractivity contribution in [2.45, 2.75) is 12.1 Å². The van der Waals surface area contributed by atoms with Gasteiger partial charge in [-0.25, -0.2) is 4.98 Å². The Morgan fingerprint density at radius 3 is 2.07 bits per heavy atom. The summed E-state index contributed by atoms with van der Waals surface area (Å²) >= 11 is 1.32. The number of ether oxygens (including phenoxy) is 3. The molecule has 0 spiro atoms. The Hall–Kier alpha value is -2.93. The molecule has 0 aliphatic carbocycles. The van der Waals surface area contributed by atoms with Crippen LogP contribution in [0.15, 0.2) is 53.7 Å². The van der Waals surface area contributed by atoms with Crippen LogP contribution in [0.5, 0.6) is 11.5 Å². The molecule has 0 fully saturated rings. The van der Waals surface area contributed by atoms with E-state index < -0.39 is 0 Å². The summed E-state index contributed by atoms with van der Waals surface area (Å²) in [5, 5.41) is 0.657. The maximum absolute atomic E-state index is 11.7. The summed E-state index contributed by atoms with van der Waals surface area (Å²) in [5.74, 6) is 1.50. The second-order valence-corrected chi connectivity index (χ2v) is 6.78. The van der Waals surface area contributed by atoms with Gasteiger partial charge in [-0.2, -0.15) is 0 Å². The average molecular weight is 398 g/mol. The van der Waals surface area contributed by atoms with Crippen LogP contribution in [0.2, 0.25) is 0 Å². The molecule has 0 aliphatic heterocycles. The number of rotatable bonds is 8. The van der Waals surface area contributed by atoms with Crippen LogP contribution in [0, 0.1) is 0 Å². The van der Waals surface area contributed by atoms with Crippen LogP contribution in [0.3, 0.4) is 0 Å². The molecule has 1 heterocycles. The number of esters is 1. The highest BCUT2D eigenvalue weighted by molar-refractivity contribution is 7.99. The van der Waals surface area contributed by atoms with Crippen LogP contribution in [-0.4, -0.2) is 42.5 Å². The lowest BCUT2D eigenvalue weighted by Gasteiger charge is -2.06. The monoisotopic (exact) mass is 398 g/mol. The predicted octanol–water partition coefficient (Wildman–Crippen LogP) is 4.42. The first-order valence-electron chi connectivity index (χ1n) is 8.82. The number of carbonyl (C=O) groups excluding carboxylic acids is 1. The van der Waals surface area contributed by atoms with Gasteiger partial charge in [0.25, 0.3) is 0 Å². The summed E-state index contributed by atoms with van der Waals surface area (Å²) in [6, 6.07) is 15.5. The van der Waals surface area contributed by atoms with Crippen LogP contribution < -0.4 is 9.47 Å². The van der Waals surface area contributed by atoms with E-state index in [9.17, 15) is 4.79 Å². The van der Waals surface area contributed by atoms with Gasteiger partial charge in [0.2, 0.25) is 0 Å². The third-order valence-corrected chi connectivity index (χ3v) is 4.90. The van der Waals surface area contributed by atoms with Gasteiger partial charge >= 0.3 is 5.97 Å². The maximum atomic E-state index is 11.7. The van der Waals surface area contributed by atoms with E-state index in [4.69, 9.17) is 19.2 Å². The highest BCUT2D eigenvalue weighted by Crippen LogP contribution is 2.34. The minimum absolute atomic E-state index is 0.200. The molecule has 2 aromatic carbocycles. The molecule has 28 heavy (non-hydrogen) atoms. The first kappa shape index (κ1) is 19.8. The van der Waals surface area contributed by atoms with Gasteiger partial charge in [0.15, 0.2) is 5.16 Å². The van der Waals surface area contributed by atoms with Crippen molar-refractivity contribution < 1.29 is 19.0 Å². The second-order valence-electron chi connectivity index (χ2n) is 5.82. The molecular weight excluding hydrogens is 376 g/mol. The van der Waals surface area contributed by atoms with Gasteiger partial charge in [0, 0.05) is 11.1 Å². The van der Waals surface area contributed by atoms with Crippen LogP contribution in [0.1, 0.15) is 6.92 Å². The summed E-state index contributed by atoms with van der Waals surface area (Å²) in [7, 11) is 3.27. The lowest BCUT2D eigenvalue weighted by atomic mass is 10.0. The molecular formula is C21H22N2O4S. The molecule has 7 heteroatoms. The van der Waals surface area contributed by atoms with E-state index in [1.54, 1.807) is 21.1 Å². The number of methoxy groups -OCH3 is 2. The third-order valence-electron chi connectivity index (χ3n) is 4.06. The van der Waals surface area contributed by atoms with E-state index in [1.165, 1.54) is 11.8 Å². The topological polar surface area (TPSA) is 73.4 Å². The van der Waals surface area contributed by atoms with E-state index in [1.807, 2.05) is 48.5 Å². The molecule has 1 aromatic heterocycles. The normalized spacial score (nSPS) is 10.5. The number of thioether (sulfide) groups is 1. The Morgan fingerprint density at radius 1 is 0.964 bits per heavy atom. The molecule has 0 radical (unpaired) electrons. The van der Waals surface area contributed by atoms with Gasteiger partial charge in [-0.3, -0.25) is 4.79 Å². The quantitative estimate of drug-likeness (QED) is 0.447. The first-order valence-corrected chi connectivity index (χ1v) is 9.80. The lowest BCUT2D eigenvalue weighted by Crippen LogP contribution is -2.06. The molecule has 6 nitrogen and oxygen atoms in total. The Kier molecular flexibility index (Phi) is 6.60. The summed E-state index contributed by atoms with van der Waals surface area (Å²) in [6.45, 7) is 2.16. The number of nitrogens with zero attached hydrogens (tertiary/aromatic N) is 1. The van der Waals surface area contributed by atoms with Crippen molar-refractivity contribution in [2.75, 3.05) is 26.6 Å². The molecule has 3 aromatic rings. The van der Waals surface area contributed by atoms with Crippen molar-refractivity contribution >= 4 is 17.7 Å². The summed E-state index contributed by atoms with van der Waals surface area (Å²) in [6.07, 6.45) is 0. The van der Waals surface area contributed by atoms with Gasteiger partial charge < -0.3 is 19.2 Å². The summed E-state index contributed by atoms with van der Waals surface area (Å²) in [4.78, 5) is 19.7. The second kappa shape index (κ2) is 9.32. The molecule has 0 amide bonds. The minimum Gasteiger partial charge on any atom is -0.497 e. The summed E-state index contributed by atoms with van der Waals surface area (Å²) in [5.41, 5.74) is 3.60. The van der Waals surface area contributed by atoms with Gasteiger partial charge in [0.1, 0.15) is 11.5 Å². The minimum atomic E-state index is -0.263. The predicted molar refractivity (Wildman–Crippen MR) is 110 cm³/mol. The molecule has 0 aliphatic rings. The molecule has 3 rings (SSSR count). The van der Waals surface area contributed by atoms with Gasteiger partial charge in [-0.1, -0.05) is 11.8 Å². The van der Waals surface area contributed by atoms with Crippen LogP contribution in [0.4, 0.5) is 0 Å². The third kappa shape index (κ3) is 4.67. The Balaban J connectivity index is 1.95. The zero-order chi connectivity index (χ0) is 19.9. The maximum Gasteiger partial charge on any atom is 0.316 e. The Bertz CT molecular complexity index is 856. The number of H-pyrrole nitrogens is 1. The molecule has 0 unspecified atom stereocenters. The van der Waals surface area contributed by atoms with E-state index in [2.05, 4.69) is 4.98 Å². The number of aromatic amines is 1. The van der Waals surface area contributed by atoms with Crippen molar-refractivity contribution in [3.8, 4) is 34.0 Å². The molecule has 146 valence electrons. The van der Waals surface area contributed by atoms with Crippen molar-refractivity contribution in [1.29, 1.82) is 0 Å². The van der Waals surface area contributed by atoms with Crippen molar-refractivity contribution in [3.05, 3.63) is 48.5 Å². The fourth-order valence-corrected chi connectivity index (χ4v) is 3.34. The highest BCUT2D eigenvalue weighted by Gasteiger charge is 2.16. The highest BCUT2D eigenvalue weighted by atomic mass is 32.2. The number of aromatic nitrogens is 2. The Labute approximate surface area is 168 Å². The average Bonchev–Trinajstić information content (AvgIpc) is 3.17. The fourth-order valence-electron chi connectivity index (χ4n) is 2.67. The molecule has 0 atom stereocenters. The number of benzene rings is 2. The number of hydrogen-bond donors (Lipinski definition) is 1. The number of nitrogens with one attached hydrogen (secondary N) is 1. The first-order chi connectivity index (χ1) is 13.6. The van der Waals surface area contributed by atoms with Crippen molar-refractivity contribution in [3.63, 3.8) is 0 Å². The lowest BCUT2D eigenvalue weighted by molar-refractivity contribution is -0.139. The largest absolute Gasteiger partial charge is 0.497 e. The van der Waals surface area contributed by atoms with Gasteiger partial charge in [0.05, 0.1) is 38.0 Å². The van der Waals surface area contributed by atoms with Crippen molar-refractivity contribution in [2.24, 2.45) is 0 Å². The van der Waals surface area contributed by atoms with E-state index in [0.717, 1.165) is 34.0 Å². The Morgan fingerprint density at radius 2 is 1.54 bits per heavy atom. The molecule has 1 N–H and O–H groups in total. The van der Waals surface area contributed by atoms with Gasteiger partial charge in [-0.05, 0) is 55.5 Å². The van der Waals surface area contributed by atoms with Crippen LogP contribution >= 0.6 is 11.8 Å². The van der Waals surface area contributed by atoms with Gasteiger partial charge in [-0.15, -0.1) is 0 Å². The zero-order valence-corrected chi connectivity index (χ0v) is 16.8. The summed E-state index contributed by atoms with van der Waals surface area (Å²) < 4.78 is 15.5. The van der Waals surface area contributed by atoms with E-state index in [0.29, 0.717) is 11.8 Å². The standard InChI is InChI=1S/C21H22N2O4S/c1-4-27-18(24)13-28-21-22-19(14-5-9-16(25-2)10-6-14)20(23-21)15-7-11-17(26-3)12-8-15/h5-12H,4,13H2,1-3H3,(H,22,23). The van der Waals surface area contributed by atoms with Crippen LogP contribution in [-0.2, 0) is 9.53 Å². The SMILES string of the molecule is CCOC(=O)CSc1nc(-c2ccc(OC)cc2)c(-c2ccc(OC)cc2)[nH]1. The number of carbonyl (C=O) groups is 1. The molecule has 0 saturated carbocycles. The van der Waals surface area contributed by atoms with E-state index in [-0.39, 0.29) is 11.7 Å². The number of hydrogen-bond acceptors (Lipinski definition) is 6. The van der Waals surface area contributed by atoms with Crippen molar-refractivity contribution in [1.82, 2.24) is 9.97 Å². The number of imidazole rings is 1. The smallest absolute Gasteiger partial charge is 0.316 e. The van der Waals surface area contributed by atoms with E-state index >= 15 is 0 Å². The molecule has 0 saturated heterocycles. The molecule has 0 bridgehead atoms.